The van der Waals surface area contributed by atoms with Crippen molar-refractivity contribution in [2.24, 2.45) is 0 Å². The first-order valence-electron chi connectivity index (χ1n) is 8.13. The number of hydrogen-bond donors (Lipinski definition) is 1. The first-order valence-corrected chi connectivity index (χ1v) is 10.7. The quantitative estimate of drug-likeness (QED) is 0.675. The van der Waals surface area contributed by atoms with Crippen LogP contribution in [0.2, 0.25) is 0 Å². The van der Waals surface area contributed by atoms with E-state index in [1.165, 1.54) is 10.4 Å². The number of hydrogen-bond acceptors (Lipinski definition) is 4. The monoisotopic (exact) mass is 486 g/mol. The number of carbonyl (C=O) groups is 1. The highest BCUT2D eigenvalue weighted by Gasteiger charge is 2.28. The van der Waals surface area contributed by atoms with Gasteiger partial charge in [0.2, 0.25) is 10.0 Å². The number of benzene rings is 2. The van der Waals surface area contributed by atoms with E-state index in [4.69, 9.17) is 4.74 Å². The van der Waals surface area contributed by atoms with E-state index in [1.54, 1.807) is 37.3 Å². The van der Waals surface area contributed by atoms with Gasteiger partial charge in [-0.2, -0.15) is 4.31 Å². The average Bonchev–Trinajstić information content (AvgIpc) is 2.64. The smallest absolute Gasteiger partial charge is 0.255 e. The zero-order chi connectivity index (χ0) is 18.7. The lowest BCUT2D eigenvalue weighted by molar-refractivity contribution is 0.0730. The van der Waals surface area contributed by atoms with Crippen LogP contribution >= 0.6 is 22.6 Å². The fourth-order valence-electron chi connectivity index (χ4n) is 2.71. The van der Waals surface area contributed by atoms with Crippen LogP contribution in [0.1, 0.15) is 15.9 Å². The maximum Gasteiger partial charge on any atom is 0.255 e. The van der Waals surface area contributed by atoms with Crippen LogP contribution in [0.15, 0.2) is 47.4 Å². The minimum Gasteiger partial charge on any atom is -0.379 e. The summed E-state index contributed by atoms with van der Waals surface area (Å²) in [5, 5.41) is 2.78. The molecule has 1 heterocycles. The molecule has 1 N–H and O–H groups in total. The van der Waals surface area contributed by atoms with Gasteiger partial charge in [0.15, 0.2) is 0 Å². The Hall–Kier alpha value is -1.49. The molecule has 26 heavy (non-hydrogen) atoms. The topological polar surface area (TPSA) is 75.7 Å². The van der Waals surface area contributed by atoms with Gasteiger partial charge in [0, 0.05) is 27.9 Å². The molecular formula is C18H19IN2O4S. The van der Waals surface area contributed by atoms with Crippen molar-refractivity contribution in [1.29, 1.82) is 0 Å². The molecule has 1 aliphatic rings. The van der Waals surface area contributed by atoms with E-state index < -0.39 is 10.0 Å². The number of nitrogens with zero attached hydrogens (tertiary/aromatic N) is 1. The zero-order valence-electron chi connectivity index (χ0n) is 14.2. The molecule has 0 bridgehead atoms. The Labute approximate surface area is 166 Å². The molecule has 1 saturated heterocycles. The Bertz CT molecular complexity index is 925. The molecule has 2 aromatic rings. The molecule has 0 unspecified atom stereocenters. The van der Waals surface area contributed by atoms with Gasteiger partial charge in [-0.15, -0.1) is 0 Å². The number of nitrogens with one attached hydrogen (secondary N) is 1. The molecule has 138 valence electrons. The van der Waals surface area contributed by atoms with Crippen molar-refractivity contribution in [2.45, 2.75) is 11.8 Å². The first kappa shape index (κ1) is 19.3. The van der Waals surface area contributed by atoms with Crippen molar-refractivity contribution < 1.29 is 17.9 Å². The lowest BCUT2D eigenvalue weighted by Crippen LogP contribution is -2.40. The SMILES string of the molecule is Cc1ccc(NC(=O)c2cccc(I)c2)cc1S(=O)(=O)N1CCOCC1. The molecule has 0 atom stereocenters. The highest BCUT2D eigenvalue weighted by Crippen LogP contribution is 2.24. The second-order valence-corrected chi connectivity index (χ2v) is 9.11. The Morgan fingerprint density at radius 1 is 1.15 bits per heavy atom. The van der Waals surface area contributed by atoms with Crippen molar-refractivity contribution in [3.63, 3.8) is 0 Å². The van der Waals surface area contributed by atoms with Gasteiger partial charge >= 0.3 is 0 Å². The molecule has 6 nitrogen and oxygen atoms in total. The van der Waals surface area contributed by atoms with Crippen LogP contribution in [0, 0.1) is 10.5 Å². The molecule has 0 saturated carbocycles. The molecule has 1 fully saturated rings. The number of sulfonamides is 1. The maximum atomic E-state index is 12.9. The number of halogens is 1. The summed E-state index contributed by atoms with van der Waals surface area (Å²) in [6, 6.07) is 12.1. The summed E-state index contributed by atoms with van der Waals surface area (Å²) >= 11 is 2.14. The molecule has 8 heteroatoms. The number of morpholine rings is 1. The van der Waals surface area contributed by atoms with Gasteiger partial charge in [0.05, 0.1) is 18.1 Å². The summed E-state index contributed by atoms with van der Waals surface area (Å²) in [7, 11) is -3.62. The lowest BCUT2D eigenvalue weighted by Gasteiger charge is -2.26. The van der Waals surface area contributed by atoms with Gasteiger partial charge in [-0.1, -0.05) is 12.1 Å². The molecule has 1 aliphatic heterocycles. The van der Waals surface area contributed by atoms with E-state index in [1.807, 2.05) is 6.07 Å². The number of anilines is 1. The Morgan fingerprint density at radius 2 is 1.88 bits per heavy atom. The van der Waals surface area contributed by atoms with Crippen molar-refractivity contribution >= 4 is 44.2 Å². The third-order valence-corrected chi connectivity index (χ3v) is 6.83. The number of amides is 1. The average molecular weight is 486 g/mol. The predicted octanol–water partition coefficient (Wildman–Crippen LogP) is 2.87. The lowest BCUT2D eigenvalue weighted by atomic mass is 10.2. The van der Waals surface area contributed by atoms with Gasteiger partial charge in [-0.3, -0.25) is 4.79 Å². The van der Waals surface area contributed by atoms with Crippen LogP contribution in [-0.4, -0.2) is 44.9 Å². The zero-order valence-corrected chi connectivity index (χ0v) is 17.2. The van der Waals surface area contributed by atoms with Crippen LogP contribution in [-0.2, 0) is 14.8 Å². The Kier molecular flexibility index (Phi) is 5.96. The Morgan fingerprint density at radius 3 is 2.58 bits per heavy atom. The van der Waals surface area contributed by atoms with E-state index in [2.05, 4.69) is 27.9 Å². The van der Waals surface area contributed by atoms with Gasteiger partial charge in [0.1, 0.15) is 0 Å². The van der Waals surface area contributed by atoms with Crippen LogP contribution < -0.4 is 5.32 Å². The van der Waals surface area contributed by atoms with Gasteiger partial charge in [0.25, 0.3) is 5.91 Å². The maximum absolute atomic E-state index is 12.9. The largest absolute Gasteiger partial charge is 0.379 e. The van der Waals surface area contributed by atoms with Gasteiger partial charge < -0.3 is 10.1 Å². The van der Waals surface area contributed by atoms with Crippen LogP contribution in [0.3, 0.4) is 0 Å². The van der Waals surface area contributed by atoms with E-state index in [0.717, 1.165) is 3.57 Å². The van der Waals surface area contributed by atoms with Crippen molar-refractivity contribution in [1.82, 2.24) is 4.31 Å². The van der Waals surface area contributed by atoms with E-state index in [0.29, 0.717) is 43.1 Å². The molecule has 2 aromatic carbocycles. The highest BCUT2D eigenvalue weighted by molar-refractivity contribution is 14.1. The van der Waals surface area contributed by atoms with E-state index in [-0.39, 0.29) is 10.8 Å². The molecule has 0 aliphatic carbocycles. The highest BCUT2D eigenvalue weighted by atomic mass is 127. The molecule has 1 amide bonds. The van der Waals surface area contributed by atoms with Crippen LogP contribution in [0.4, 0.5) is 5.69 Å². The van der Waals surface area contributed by atoms with Gasteiger partial charge in [-0.05, 0) is 65.4 Å². The van der Waals surface area contributed by atoms with Crippen LogP contribution in [0.25, 0.3) is 0 Å². The predicted molar refractivity (Wildman–Crippen MR) is 108 cm³/mol. The number of aryl methyl sites for hydroxylation is 1. The van der Waals surface area contributed by atoms with Crippen LogP contribution in [0.5, 0.6) is 0 Å². The minimum absolute atomic E-state index is 0.208. The summed E-state index contributed by atoms with van der Waals surface area (Å²) < 4.78 is 33.4. The van der Waals surface area contributed by atoms with Crippen molar-refractivity contribution in [3.8, 4) is 0 Å². The van der Waals surface area contributed by atoms with E-state index in [9.17, 15) is 13.2 Å². The Balaban J connectivity index is 1.86. The van der Waals surface area contributed by atoms with Crippen molar-refractivity contribution in [3.05, 3.63) is 57.2 Å². The summed E-state index contributed by atoms with van der Waals surface area (Å²) in [4.78, 5) is 12.6. The summed E-state index contributed by atoms with van der Waals surface area (Å²) in [5.41, 5.74) is 1.62. The standard InChI is InChI=1S/C18H19IN2O4S/c1-13-5-6-16(20-18(22)14-3-2-4-15(19)11-14)12-17(13)26(23,24)21-7-9-25-10-8-21/h2-6,11-12H,7-10H2,1H3,(H,20,22). The number of carbonyl (C=O) groups excluding carboxylic acids is 1. The second-order valence-electron chi connectivity index (χ2n) is 5.96. The third-order valence-electron chi connectivity index (χ3n) is 4.12. The minimum atomic E-state index is -3.62. The molecular weight excluding hydrogens is 467 g/mol. The summed E-state index contributed by atoms with van der Waals surface area (Å²) in [6.07, 6.45) is 0. The van der Waals surface area contributed by atoms with Crippen molar-refractivity contribution in [2.75, 3.05) is 31.6 Å². The first-order chi connectivity index (χ1) is 12.4. The summed E-state index contributed by atoms with van der Waals surface area (Å²) in [6.45, 7) is 3.20. The van der Waals surface area contributed by atoms with Gasteiger partial charge in [-0.25, -0.2) is 8.42 Å². The number of rotatable bonds is 4. The fraction of sp³-hybridized carbons (Fsp3) is 0.278. The summed E-state index contributed by atoms with van der Waals surface area (Å²) in [5.74, 6) is -0.276. The second kappa shape index (κ2) is 8.03. The third kappa shape index (κ3) is 4.25. The molecule has 0 radical (unpaired) electrons. The molecule has 0 aromatic heterocycles. The molecule has 3 rings (SSSR count). The molecule has 0 spiro atoms. The normalized spacial score (nSPS) is 15.6. The van der Waals surface area contributed by atoms with E-state index >= 15 is 0 Å². The number of ether oxygens (including phenoxy) is 1. The fourth-order valence-corrected chi connectivity index (χ4v) is 4.92.